The second-order valence-corrected chi connectivity index (χ2v) is 5.05. The summed E-state index contributed by atoms with van der Waals surface area (Å²) in [4.78, 5) is 33.7. The molecule has 2 amide bonds. The maximum absolute atomic E-state index is 12.7. The summed E-state index contributed by atoms with van der Waals surface area (Å²) in [6, 6.07) is 6.92. The van der Waals surface area contributed by atoms with Crippen molar-refractivity contribution in [2.75, 3.05) is 6.61 Å². The van der Waals surface area contributed by atoms with Crippen LogP contribution in [0.25, 0.3) is 11.3 Å². The molecule has 0 unspecified atom stereocenters. The van der Waals surface area contributed by atoms with Crippen molar-refractivity contribution < 1.29 is 36.7 Å². The first-order valence-electron chi connectivity index (χ1n) is 7.17. The van der Waals surface area contributed by atoms with Gasteiger partial charge in [-0.3, -0.25) is 20.4 Å². The number of ether oxygens (including phenoxy) is 1. The van der Waals surface area contributed by atoms with E-state index < -0.39 is 36.1 Å². The number of rotatable bonds is 4. The molecular weight excluding hydrogens is 357 g/mol. The number of nitrogens with one attached hydrogen (secondary N) is 2. The molecule has 0 fully saturated rings. The summed E-state index contributed by atoms with van der Waals surface area (Å²) in [5.41, 5.74) is 3.26. The molecule has 1 aromatic carbocycles. The van der Waals surface area contributed by atoms with Crippen LogP contribution in [0.1, 0.15) is 23.0 Å². The largest absolute Gasteiger partial charge is 0.450 e. The molecule has 0 saturated carbocycles. The van der Waals surface area contributed by atoms with Crippen LogP contribution >= 0.6 is 0 Å². The fourth-order valence-corrected chi connectivity index (χ4v) is 1.85. The second kappa shape index (κ2) is 7.72. The third-order valence-electron chi connectivity index (χ3n) is 2.99. The van der Waals surface area contributed by atoms with E-state index in [0.717, 1.165) is 12.1 Å². The number of benzene rings is 1. The fraction of sp³-hybridized carbons (Fsp3) is 0.188. The minimum atomic E-state index is -4.51. The van der Waals surface area contributed by atoms with Crippen LogP contribution in [0.15, 0.2) is 40.8 Å². The predicted molar refractivity (Wildman–Crippen MR) is 81.4 cm³/mol. The van der Waals surface area contributed by atoms with Crippen LogP contribution in [0.3, 0.4) is 0 Å². The van der Waals surface area contributed by atoms with Gasteiger partial charge in [0.25, 0.3) is 5.91 Å². The number of amides is 2. The van der Waals surface area contributed by atoms with E-state index in [4.69, 9.17) is 4.42 Å². The van der Waals surface area contributed by atoms with Crippen LogP contribution < -0.4 is 10.9 Å². The van der Waals surface area contributed by atoms with Crippen molar-refractivity contribution in [2.45, 2.75) is 13.1 Å². The van der Waals surface area contributed by atoms with Crippen molar-refractivity contribution in [1.29, 1.82) is 0 Å². The molecule has 0 spiro atoms. The summed E-state index contributed by atoms with van der Waals surface area (Å²) in [5.74, 6) is -2.53. The summed E-state index contributed by atoms with van der Waals surface area (Å²) in [5, 5.41) is 0. The second-order valence-electron chi connectivity index (χ2n) is 5.05. The van der Waals surface area contributed by atoms with Crippen LogP contribution in [0.4, 0.5) is 13.2 Å². The van der Waals surface area contributed by atoms with E-state index in [1.54, 1.807) is 0 Å². The van der Waals surface area contributed by atoms with Crippen molar-refractivity contribution in [2.24, 2.45) is 0 Å². The molecule has 0 aliphatic rings. The van der Waals surface area contributed by atoms with Gasteiger partial charge in [-0.2, -0.15) is 13.2 Å². The van der Waals surface area contributed by atoms with Gasteiger partial charge < -0.3 is 9.15 Å². The van der Waals surface area contributed by atoms with Gasteiger partial charge in [0.2, 0.25) is 11.7 Å². The summed E-state index contributed by atoms with van der Waals surface area (Å²) in [6.45, 7) is 0.489. The fourth-order valence-electron chi connectivity index (χ4n) is 1.85. The lowest BCUT2D eigenvalue weighted by Gasteiger charge is -2.07. The minimum absolute atomic E-state index is 0.0331. The van der Waals surface area contributed by atoms with Gasteiger partial charge in [-0.15, -0.1) is 0 Å². The number of furan rings is 1. The first-order valence-corrected chi connectivity index (χ1v) is 7.17. The van der Waals surface area contributed by atoms with E-state index in [1.807, 2.05) is 10.9 Å². The number of halogens is 3. The molecule has 26 heavy (non-hydrogen) atoms. The highest BCUT2D eigenvalue weighted by molar-refractivity contribution is 5.89. The Labute approximate surface area is 145 Å². The van der Waals surface area contributed by atoms with Gasteiger partial charge in [0.05, 0.1) is 5.56 Å². The Morgan fingerprint density at radius 2 is 1.85 bits per heavy atom. The van der Waals surface area contributed by atoms with Crippen molar-refractivity contribution in [1.82, 2.24) is 10.9 Å². The molecule has 0 radical (unpaired) electrons. The average molecular weight is 370 g/mol. The number of hydrazine groups is 1. The Morgan fingerprint density at radius 3 is 2.50 bits per heavy atom. The number of hydrogen-bond acceptors (Lipinski definition) is 5. The predicted octanol–water partition coefficient (Wildman–Crippen LogP) is 2.29. The smallest absolute Gasteiger partial charge is 0.416 e. The summed E-state index contributed by atoms with van der Waals surface area (Å²) < 4.78 is 48.1. The molecule has 0 aliphatic carbocycles. The van der Waals surface area contributed by atoms with Crippen LogP contribution in [0.2, 0.25) is 0 Å². The zero-order chi connectivity index (χ0) is 19.3. The Balaban J connectivity index is 2.02. The maximum Gasteiger partial charge on any atom is 0.416 e. The SMILES string of the molecule is CC(=O)NNC(=O)COC(=O)c1ccc(-c2cccc(C(F)(F)F)c2)o1. The van der Waals surface area contributed by atoms with E-state index in [2.05, 4.69) is 4.74 Å². The molecule has 0 aliphatic heterocycles. The Hall–Kier alpha value is -3.30. The highest BCUT2D eigenvalue weighted by Gasteiger charge is 2.30. The van der Waals surface area contributed by atoms with Gasteiger partial charge in [-0.25, -0.2) is 4.79 Å². The van der Waals surface area contributed by atoms with Gasteiger partial charge in [0.1, 0.15) is 5.76 Å². The summed E-state index contributed by atoms with van der Waals surface area (Å²) in [6.07, 6.45) is -4.51. The van der Waals surface area contributed by atoms with Crippen molar-refractivity contribution >= 4 is 17.8 Å². The zero-order valence-electron chi connectivity index (χ0n) is 13.3. The Bertz CT molecular complexity index is 829. The minimum Gasteiger partial charge on any atom is -0.450 e. The molecule has 1 heterocycles. The van der Waals surface area contributed by atoms with Gasteiger partial charge in [0.15, 0.2) is 6.61 Å². The Kier molecular flexibility index (Phi) is 5.65. The monoisotopic (exact) mass is 370 g/mol. The molecule has 2 rings (SSSR count). The van der Waals surface area contributed by atoms with E-state index >= 15 is 0 Å². The zero-order valence-corrected chi connectivity index (χ0v) is 13.3. The lowest BCUT2D eigenvalue weighted by molar-refractivity contribution is -0.137. The number of carbonyl (C=O) groups excluding carboxylic acids is 3. The number of alkyl halides is 3. The molecule has 138 valence electrons. The third kappa shape index (κ3) is 5.10. The van der Waals surface area contributed by atoms with Crippen molar-refractivity contribution in [3.63, 3.8) is 0 Å². The van der Waals surface area contributed by atoms with Crippen LogP contribution in [-0.4, -0.2) is 24.4 Å². The maximum atomic E-state index is 12.7. The topological polar surface area (TPSA) is 97.6 Å². The molecule has 7 nitrogen and oxygen atoms in total. The summed E-state index contributed by atoms with van der Waals surface area (Å²) in [7, 11) is 0. The standard InChI is InChI=1S/C16H13F3N2O5/c1-9(22)20-21-14(23)8-25-15(24)13-6-5-12(26-13)10-3-2-4-11(7-10)16(17,18)19/h2-7H,8H2,1H3,(H,20,22)(H,21,23). The molecule has 2 aromatic rings. The number of carbonyl (C=O) groups is 3. The molecule has 0 saturated heterocycles. The van der Waals surface area contributed by atoms with Crippen molar-refractivity contribution in [3.8, 4) is 11.3 Å². The van der Waals surface area contributed by atoms with Crippen molar-refractivity contribution in [3.05, 3.63) is 47.7 Å². The quantitative estimate of drug-likeness (QED) is 0.636. The van der Waals surface area contributed by atoms with Gasteiger partial charge in [-0.05, 0) is 24.3 Å². The van der Waals surface area contributed by atoms with Gasteiger partial charge in [-0.1, -0.05) is 12.1 Å². The normalized spacial score (nSPS) is 10.9. The highest BCUT2D eigenvalue weighted by Crippen LogP contribution is 2.32. The first kappa shape index (κ1) is 19.0. The lowest BCUT2D eigenvalue weighted by Crippen LogP contribution is -2.42. The van der Waals surface area contributed by atoms with E-state index in [9.17, 15) is 27.6 Å². The number of hydrogen-bond donors (Lipinski definition) is 2. The molecule has 1 aromatic heterocycles. The molecule has 0 atom stereocenters. The van der Waals surface area contributed by atoms with Gasteiger partial charge in [0, 0.05) is 12.5 Å². The molecule has 0 bridgehead atoms. The van der Waals surface area contributed by atoms with E-state index in [1.165, 1.54) is 31.2 Å². The lowest BCUT2D eigenvalue weighted by atomic mass is 10.1. The van der Waals surface area contributed by atoms with Crippen LogP contribution in [-0.2, 0) is 20.5 Å². The average Bonchev–Trinajstić information content (AvgIpc) is 3.07. The number of esters is 1. The first-order chi connectivity index (χ1) is 12.2. The molecule has 2 N–H and O–H groups in total. The van der Waals surface area contributed by atoms with Gasteiger partial charge >= 0.3 is 12.1 Å². The van der Waals surface area contributed by atoms with Crippen LogP contribution in [0.5, 0.6) is 0 Å². The molecular formula is C16H13F3N2O5. The Morgan fingerprint density at radius 1 is 1.12 bits per heavy atom. The van der Waals surface area contributed by atoms with Crippen LogP contribution in [0, 0.1) is 0 Å². The third-order valence-corrected chi connectivity index (χ3v) is 2.99. The highest BCUT2D eigenvalue weighted by atomic mass is 19.4. The summed E-state index contributed by atoms with van der Waals surface area (Å²) >= 11 is 0. The van der Waals surface area contributed by atoms with E-state index in [-0.39, 0.29) is 17.1 Å². The molecule has 10 heteroatoms. The van der Waals surface area contributed by atoms with E-state index in [0.29, 0.717) is 0 Å².